The zero-order valence-corrected chi connectivity index (χ0v) is 23.8. The van der Waals surface area contributed by atoms with E-state index in [-0.39, 0.29) is 56.7 Å². The minimum Gasteiger partial charge on any atom is -0.504 e. The fraction of sp³-hybridized carbons (Fsp3) is 0.400. The minimum atomic E-state index is -1.34. The molecule has 0 spiro atoms. The standard InChI is InChI=1S/C30H34N2O11/c1-5-7-39-24-15(3)25-27(43-14-42-25)23-17(24)12-19-29(36)41-13-20(23)32(19)28(35)18(31-30(37)40-8-6-2)9-16-10-21(33)26(38-4)22(34)11-16/h5-6,10-11,18-20,29,33-34,36H,1-2,7-9,12-14H2,3-4H3,(H,31,37)/t18-,19-,20-,29+/m0/s1. The number of nitrogens with zero attached hydrogens (tertiary/aromatic N) is 1. The molecule has 3 aliphatic rings. The highest BCUT2D eigenvalue weighted by molar-refractivity contribution is 5.87. The van der Waals surface area contributed by atoms with Crippen molar-refractivity contribution in [2.75, 3.05) is 33.7 Å². The second-order valence-electron chi connectivity index (χ2n) is 10.2. The lowest BCUT2D eigenvalue weighted by Crippen LogP contribution is -2.62. The van der Waals surface area contributed by atoms with Gasteiger partial charge in [-0.05, 0) is 24.6 Å². The monoisotopic (exact) mass is 598 g/mol. The van der Waals surface area contributed by atoms with Crippen molar-refractivity contribution in [3.05, 3.63) is 59.7 Å². The fourth-order valence-electron chi connectivity index (χ4n) is 5.85. The Hall–Kier alpha value is -4.62. The number of alkyl carbamates (subject to hydrolysis) is 1. The van der Waals surface area contributed by atoms with Crippen LogP contribution in [0.1, 0.15) is 28.3 Å². The van der Waals surface area contributed by atoms with E-state index in [0.717, 1.165) is 11.1 Å². The summed E-state index contributed by atoms with van der Waals surface area (Å²) < 4.78 is 33.5. The van der Waals surface area contributed by atoms with Crippen LogP contribution in [-0.4, -0.2) is 84.3 Å². The molecule has 0 saturated carbocycles. The number of fused-ring (bicyclic) bond motifs is 6. The number of phenolic OH excluding ortho intramolecular Hbond substituents is 2. The smallest absolute Gasteiger partial charge is 0.408 e. The zero-order valence-electron chi connectivity index (χ0n) is 23.8. The van der Waals surface area contributed by atoms with E-state index >= 15 is 0 Å². The van der Waals surface area contributed by atoms with E-state index in [1.165, 1.54) is 30.2 Å². The number of hydrogen-bond acceptors (Lipinski definition) is 11. The normalized spacial score (nSPS) is 20.4. The molecule has 1 saturated heterocycles. The Bertz CT molecular complexity index is 1420. The molecule has 4 atom stereocenters. The van der Waals surface area contributed by atoms with Crippen molar-refractivity contribution >= 4 is 12.0 Å². The van der Waals surface area contributed by atoms with E-state index in [9.17, 15) is 24.9 Å². The van der Waals surface area contributed by atoms with E-state index < -0.39 is 36.4 Å². The lowest BCUT2D eigenvalue weighted by atomic mass is 9.83. The second kappa shape index (κ2) is 12.3. The molecule has 13 heteroatoms. The van der Waals surface area contributed by atoms with E-state index in [1.54, 1.807) is 6.08 Å². The SMILES string of the molecule is C=CCOC(=O)N[C@@H](Cc1cc(O)c(OC)c(O)c1)C(=O)N1[C@H]2CO[C@@H](O)[C@@H]1Cc1c(OCC=C)c(C)c3c(c12)OCO3. The summed E-state index contributed by atoms with van der Waals surface area (Å²) in [7, 11) is 1.29. The van der Waals surface area contributed by atoms with Gasteiger partial charge < -0.3 is 54.0 Å². The topological polar surface area (TPSA) is 165 Å². The van der Waals surface area contributed by atoms with E-state index in [1.807, 2.05) is 6.92 Å². The number of carbonyl (C=O) groups excluding carboxylic acids is 2. The quantitative estimate of drug-likeness (QED) is 0.297. The maximum Gasteiger partial charge on any atom is 0.408 e. The molecule has 1 fully saturated rings. The summed E-state index contributed by atoms with van der Waals surface area (Å²) in [4.78, 5) is 28.5. The molecule has 3 aliphatic heterocycles. The van der Waals surface area contributed by atoms with Gasteiger partial charge in [0, 0.05) is 29.5 Å². The predicted octanol–water partition coefficient (Wildman–Crippen LogP) is 2.37. The summed E-state index contributed by atoms with van der Waals surface area (Å²) in [5.41, 5.74) is 2.43. The van der Waals surface area contributed by atoms with E-state index in [4.69, 9.17) is 28.4 Å². The first-order chi connectivity index (χ1) is 20.7. The summed E-state index contributed by atoms with van der Waals surface area (Å²) in [5.74, 6) is 0.119. The third kappa shape index (κ3) is 5.48. The minimum absolute atomic E-state index is 0.0229. The Morgan fingerprint density at radius 1 is 1.14 bits per heavy atom. The van der Waals surface area contributed by atoms with Gasteiger partial charge >= 0.3 is 6.09 Å². The number of morpholine rings is 1. The molecule has 0 aromatic heterocycles. The first kappa shape index (κ1) is 29.9. The van der Waals surface area contributed by atoms with Gasteiger partial charge in [-0.2, -0.15) is 0 Å². The number of rotatable bonds is 10. The van der Waals surface area contributed by atoms with Crippen LogP contribution in [0.15, 0.2) is 37.4 Å². The number of ether oxygens (including phenoxy) is 6. The molecule has 230 valence electrons. The average Bonchev–Trinajstić information content (AvgIpc) is 3.47. The van der Waals surface area contributed by atoms with Crippen LogP contribution < -0.4 is 24.3 Å². The number of nitrogens with one attached hydrogen (secondary N) is 1. The van der Waals surface area contributed by atoms with Crippen LogP contribution in [0.4, 0.5) is 4.79 Å². The third-order valence-electron chi connectivity index (χ3n) is 7.61. The molecule has 2 aromatic rings. The van der Waals surface area contributed by atoms with Crippen molar-refractivity contribution < 1.29 is 53.3 Å². The van der Waals surface area contributed by atoms with Crippen LogP contribution in [-0.2, 0) is 27.1 Å². The van der Waals surface area contributed by atoms with Crippen molar-refractivity contribution in [2.24, 2.45) is 0 Å². The number of aliphatic hydroxyl groups is 1. The summed E-state index contributed by atoms with van der Waals surface area (Å²) in [6.07, 6.45) is 0.783. The van der Waals surface area contributed by atoms with Crippen LogP contribution >= 0.6 is 0 Å². The number of amides is 2. The molecule has 3 heterocycles. The first-order valence-electron chi connectivity index (χ1n) is 13.6. The number of hydrogen-bond donors (Lipinski definition) is 4. The van der Waals surface area contributed by atoms with Gasteiger partial charge in [-0.15, -0.1) is 0 Å². The maximum atomic E-state index is 14.4. The molecule has 2 aromatic carbocycles. The number of phenols is 2. The highest BCUT2D eigenvalue weighted by Crippen LogP contribution is 2.54. The number of methoxy groups -OCH3 is 1. The van der Waals surface area contributed by atoms with Crippen molar-refractivity contribution in [1.29, 1.82) is 0 Å². The number of aromatic hydroxyl groups is 2. The van der Waals surface area contributed by atoms with Gasteiger partial charge in [0.15, 0.2) is 29.3 Å². The molecule has 2 bridgehead atoms. The second-order valence-corrected chi connectivity index (χ2v) is 10.2. The Balaban J connectivity index is 1.56. The number of benzene rings is 2. The highest BCUT2D eigenvalue weighted by atomic mass is 16.7. The molecule has 2 amide bonds. The molecule has 13 nitrogen and oxygen atoms in total. The van der Waals surface area contributed by atoms with E-state index in [2.05, 4.69) is 18.5 Å². The molecule has 43 heavy (non-hydrogen) atoms. The lowest BCUT2D eigenvalue weighted by molar-refractivity contribution is -0.208. The fourth-order valence-corrected chi connectivity index (χ4v) is 5.85. The van der Waals surface area contributed by atoms with Crippen LogP contribution in [0.25, 0.3) is 0 Å². The van der Waals surface area contributed by atoms with Crippen LogP contribution in [0.5, 0.6) is 34.5 Å². The molecular formula is C30H34N2O11. The Morgan fingerprint density at radius 3 is 2.51 bits per heavy atom. The summed E-state index contributed by atoms with van der Waals surface area (Å²) in [5, 5.41) is 34.2. The number of aliphatic hydroxyl groups excluding tert-OH is 1. The Labute approximate surface area is 247 Å². The molecule has 0 radical (unpaired) electrons. The third-order valence-corrected chi connectivity index (χ3v) is 7.61. The van der Waals surface area contributed by atoms with Gasteiger partial charge in [0.2, 0.25) is 18.4 Å². The van der Waals surface area contributed by atoms with Crippen molar-refractivity contribution in [3.63, 3.8) is 0 Å². The van der Waals surface area contributed by atoms with E-state index in [0.29, 0.717) is 28.4 Å². The van der Waals surface area contributed by atoms with Crippen molar-refractivity contribution in [3.8, 4) is 34.5 Å². The van der Waals surface area contributed by atoms with Gasteiger partial charge in [0.1, 0.15) is 25.0 Å². The molecule has 4 N–H and O–H groups in total. The van der Waals surface area contributed by atoms with Crippen molar-refractivity contribution in [1.82, 2.24) is 10.2 Å². The lowest BCUT2D eigenvalue weighted by Gasteiger charge is -2.50. The van der Waals surface area contributed by atoms with Gasteiger partial charge in [0.25, 0.3) is 0 Å². The highest BCUT2D eigenvalue weighted by Gasteiger charge is 2.50. The van der Waals surface area contributed by atoms with Gasteiger partial charge in [-0.1, -0.05) is 25.3 Å². The summed E-state index contributed by atoms with van der Waals surface area (Å²) >= 11 is 0. The van der Waals surface area contributed by atoms with Gasteiger partial charge in [-0.3, -0.25) is 4.79 Å². The molecule has 5 rings (SSSR count). The largest absolute Gasteiger partial charge is 0.504 e. The first-order valence-corrected chi connectivity index (χ1v) is 13.6. The predicted molar refractivity (Wildman–Crippen MR) is 151 cm³/mol. The maximum absolute atomic E-state index is 14.4. The summed E-state index contributed by atoms with van der Waals surface area (Å²) in [6.45, 7) is 9.14. The molecular weight excluding hydrogens is 564 g/mol. The van der Waals surface area contributed by atoms with Crippen LogP contribution in [0.2, 0.25) is 0 Å². The van der Waals surface area contributed by atoms with Crippen molar-refractivity contribution in [2.45, 2.75) is 44.2 Å². The van der Waals surface area contributed by atoms with Crippen LogP contribution in [0, 0.1) is 6.92 Å². The summed E-state index contributed by atoms with van der Waals surface area (Å²) in [6, 6.07) is -0.185. The molecule has 0 aliphatic carbocycles. The van der Waals surface area contributed by atoms with Crippen LogP contribution in [0.3, 0.4) is 0 Å². The average molecular weight is 599 g/mol. The Morgan fingerprint density at radius 2 is 1.84 bits per heavy atom. The molecule has 0 unspecified atom stereocenters. The number of carbonyl (C=O) groups is 2. The van der Waals surface area contributed by atoms with Gasteiger partial charge in [0.05, 0.1) is 25.8 Å². The van der Waals surface area contributed by atoms with Gasteiger partial charge in [-0.25, -0.2) is 4.79 Å². The zero-order chi connectivity index (χ0) is 30.8. The Kier molecular flexibility index (Phi) is 8.55.